The molecule has 0 unspecified atom stereocenters. The molecule has 1 amide bonds. The summed E-state index contributed by atoms with van der Waals surface area (Å²) < 4.78 is 16.8. The minimum atomic E-state index is -0.783. The van der Waals surface area contributed by atoms with Gasteiger partial charge in [0.15, 0.2) is 0 Å². The first-order chi connectivity index (χ1) is 13.7. The molecule has 0 bridgehead atoms. The number of aromatic nitrogens is 1. The van der Waals surface area contributed by atoms with Gasteiger partial charge in [0.05, 0.1) is 0 Å². The Hall–Kier alpha value is -3.29. The van der Waals surface area contributed by atoms with Gasteiger partial charge < -0.3 is 18.8 Å². The third-order valence-electron chi connectivity index (χ3n) is 4.09. The summed E-state index contributed by atoms with van der Waals surface area (Å²) in [6.07, 6.45) is 0.916. The number of aryl methyl sites for hydroxylation is 1. The van der Waals surface area contributed by atoms with Gasteiger partial charge in [-0.1, -0.05) is 30.3 Å². The molecule has 0 fully saturated rings. The second-order valence-electron chi connectivity index (χ2n) is 7.37. The monoisotopic (exact) mass is 402 g/mol. The van der Waals surface area contributed by atoms with E-state index in [0.29, 0.717) is 5.69 Å². The second kappa shape index (κ2) is 9.77. The van der Waals surface area contributed by atoms with Crippen molar-refractivity contribution in [2.75, 3.05) is 13.3 Å². The Morgan fingerprint density at radius 3 is 2.24 bits per heavy atom. The van der Waals surface area contributed by atoms with E-state index in [1.54, 1.807) is 50.7 Å². The van der Waals surface area contributed by atoms with Gasteiger partial charge in [-0.15, -0.1) is 0 Å². The maximum atomic E-state index is 12.4. The van der Waals surface area contributed by atoms with Gasteiger partial charge >= 0.3 is 18.0 Å². The lowest BCUT2D eigenvalue weighted by Gasteiger charge is -2.33. The number of carbonyl (C=O) groups excluding carboxylic acids is 3. The molecule has 0 saturated carbocycles. The lowest BCUT2D eigenvalue weighted by atomic mass is 10.1. The third kappa shape index (κ3) is 6.67. The summed E-state index contributed by atoms with van der Waals surface area (Å²) in [5.74, 6) is -1.18. The van der Waals surface area contributed by atoms with Gasteiger partial charge in [-0.05, 0) is 38.5 Å². The fourth-order valence-electron chi connectivity index (χ4n) is 2.45. The smallest absolute Gasteiger partial charge is 0.413 e. The first-order valence-corrected chi connectivity index (χ1v) is 9.11. The summed E-state index contributed by atoms with van der Waals surface area (Å²) in [6, 6.07) is 12.5. The Labute approximate surface area is 170 Å². The highest BCUT2D eigenvalue weighted by atomic mass is 16.7. The molecule has 8 heteroatoms. The fraction of sp³-hybridized carbons (Fsp3) is 0.381. The molecular formula is C21H26N2O6. The largest absolute Gasteiger partial charge is 0.459 e. The second-order valence-corrected chi connectivity index (χ2v) is 7.37. The molecule has 2 rings (SSSR count). The standard InChI is InChI=1S/C21H26N2O6/c1-21(2,3)23(13-18(24)27-14-16-9-6-5-7-10-16)20(26)29-15-28-19(25)17-11-8-12-22(17)4/h5-12H,13-15H2,1-4H3. The summed E-state index contributed by atoms with van der Waals surface area (Å²) in [5, 5.41) is 0. The first kappa shape index (κ1) is 22.0. The van der Waals surface area contributed by atoms with Crippen LogP contribution >= 0.6 is 0 Å². The lowest BCUT2D eigenvalue weighted by Crippen LogP contribution is -2.49. The van der Waals surface area contributed by atoms with Crippen LogP contribution in [-0.2, 0) is 32.7 Å². The normalized spacial score (nSPS) is 10.9. The van der Waals surface area contributed by atoms with E-state index < -0.39 is 30.4 Å². The predicted octanol–water partition coefficient (Wildman–Crippen LogP) is 3.12. The van der Waals surface area contributed by atoms with Crippen molar-refractivity contribution in [3.63, 3.8) is 0 Å². The third-order valence-corrected chi connectivity index (χ3v) is 4.09. The molecule has 1 heterocycles. The minimum absolute atomic E-state index is 0.112. The van der Waals surface area contributed by atoms with Crippen molar-refractivity contribution >= 4 is 18.0 Å². The van der Waals surface area contributed by atoms with Crippen LogP contribution in [0.15, 0.2) is 48.7 Å². The van der Waals surface area contributed by atoms with Gasteiger partial charge in [-0.2, -0.15) is 0 Å². The number of nitrogens with zero attached hydrogens (tertiary/aromatic N) is 2. The van der Waals surface area contributed by atoms with Crippen molar-refractivity contribution < 1.29 is 28.6 Å². The molecule has 0 N–H and O–H groups in total. The van der Waals surface area contributed by atoms with Crippen molar-refractivity contribution in [2.45, 2.75) is 32.9 Å². The summed E-state index contributed by atoms with van der Waals surface area (Å²) in [5.41, 5.74) is 0.474. The summed E-state index contributed by atoms with van der Waals surface area (Å²) in [7, 11) is 1.70. The predicted molar refractivity (Wildman–Crippen MR) is 105 cm³/mol. The topological polar surface area (TPSA) is 87.1 Å². The Bertz CT molecular complexity index is 838. The molecule has 1 aromatic heterocycles. The van der Waals surface area contributed by atoms with Crippen molar-refractivity contribution in [3.05, 3.63) is 59.9 Å². The van der Waals surface area contributed by atoms with Crippen LogP contribution in [0.3, 0.4) is 0 Å². The molecule has 2 aromatic rings. The zero-order chi connectivity index (χ0) is 21.4. The van der Waals surface area contributed by atoms with Gasteiger partial charge in [-0.25, -0.2) is 9.59 Å². The average Bonchev–Trinajstić information content (AvgIpc) is 3.10. The molecule has 29 heavy (non-hydrogen) atoms. The van der Waals surface area contributed by atoms with Crippen LogP contribution in [0.2, 0.25) is 0 Å². The SMILES string of the molecule is Cn1cccc1C(=O)OCOC(=O)N(CC(=O)OCc1ccccc1)C(C)(C)C. The van der Waals surface area contributed by atoms with E-state index in [1.807, 2.05) is 30.3 Å². The van der Waals surface area contributed by atoms with Crippen LogP contribution in [-0.4, -0.2) is 46.4 Å². The van der Waals surface area contributed by atoms with E-state index in [1.165, 1.54) is 4.90 Å². The Morgan fingerprint density at radius 2 is 1.66 bits per heavy atom. The average molecular weight is 402 g/mol. The summed E-state index contributed by atoms with van der Waals surface area (Å²) in [6.45, 7) is 4.54. The highest BCUT2D eigenvalue weighted by molar-refractivity contribution is 5.87. The maximum Gasteiger partial charge on any atom is 0.413 e. The summed E-state index contributed by atoms with van der Waals surface area (Å²) >= 11 is 0. The van der Waals surface area contributed by atoms with Crippen LogP contribution < -0.4 is 0 Å². The molecule has 156 valence electrons. The van der Waals surface area contributed by atoms with E-state index in [9.17, 15) is 14.4 Å². The molecule has 0 aliphatic carbocycles. The number of ether oxygens (including phenoxy) is 3. The molecule has 0 atom stereocenters. The Kier molecular flexibility index (Phi) is 7.41. The Balaban J connectivity index is 1.86. The quantitative estimate of drug-likeness (QED) is 0.522. The fourth-order valence-corrected chi connectivity index (χ4v) is 2.45. The molecule has 0 saturated heterocycles. The minimum Gasteiger partial charge on any atom is -0.459 e. The first-order valence-electron chi connectivity index (χ1n) is 9.11. The van der Waals surface area contributed by atoms with Crippen LogP contribution in [0.4, 0.5) is 4.79 Å². The number of rotatable bonds is 7. The van der Waals surface area contributed by atoms with E-state index in [4.69, 9.17) is 14.2 Å². The zero-order valence-corrected chi connectivity index (χ0v) is 17.1. The van der Waals surface area contributed by atoms with Gasteiger partial charge in [0.25, 0.3) is 0 Å². The highest BCUT2D eigenvalue weighted by Gasteiger charge is 2.30. The molecule has 8 nitrogen and oxygen atoms in total. The lowest BCUT2D eigenvalue weighted by molar-refractivity contribution is -0.147. The molecule has 0 aliphatic rings. The van der Waals surface area contributed by atoms with Gasteiger partial charge in [0.2, 0.25) is 6.79 Å². The number of hydrogen-bond acceptors (Lipinski definition) is 6. The van der Waals surface area contributed by atoms with E-state index in [-0.39, 0.29) is 13.2 Å². The van der Waals surface area contributed by atoms with Crippen molar-refractivity contribution in [1.82, 2.24) is 9.47 Å². The van der Waals surface area contributed by atoms with Crippen LogP contribution in [0.25, 0.3) is 0 Å². The molecule has 0 spiro atoms. The number of carbonyl (C=O) groups is 3. The van der Waals surface area contributed by atoms with Crippen LogP contribution in [0, 0.1) is 0 Å². The van der Waals surface area contributed by atoms with Crippen LogP contribution in [0.1, 0.15) is 36.8 Å². The summed E-state index contributed by atoms with van der Waals surface area (Å²) in [4.78, 5) is 37.8. The number of hydrogen-bond donors (Lipinski definition) is 0. The zero-order valence-electron chi connectivity index (χ0n) is 17.1. The van der Waals surface area contributed by atoms with Crippen molar-refractivity contribution in [2.24, 2.45) is 7.05 Å². The maximum absolute atomic E-state index is 12.4. The van der Waals surface area contributed by atoms with Gasteiger partial charge in [0, 0.05) is 18.8 Å². The van der Waals surface area contributed by atoms with Gasteiger partial charge in [0.1, 0.15) is 18.8 Å². The van der Waals surface area contributed by atoms with Crippen molar-refractivity contribution in [1.29, 1.82) is 0 Å². The number of esters is 2. The van der Waals surface area contributed by atoms with Crippen LogP contribution in [0.5, 0.6) is 0 Å². The number of benzene rings is 1. The number of amides is 1. The molecule has 0 radical (unpaired) electrons. The molecular weight excluding hydrogens is 376 g/mol. The van der Waals surface area contributed by atoms with E-state index in [0.717, 1.165) is 5.56 Å². The molecule has 0 aliphatic heterocycles. The van der Waals surface area contributed by atoms with Crippen molar-refractivity contribution in [3.8, 4) is 0 Å². The highest BCUT2D eigenvalue weighted by Crippen LogP contribution is 2.15. The Morgan fingerprint density at radius 1 is 0.966 bits per heavy atom. The van der Waals surface area contributed by atoms with E-state index in [2.05, 4.69) is 0 Å². The van der Waals surface area contributed by atoms with Gasteiger partial charge in [-0.3, -0.25) is 9.69 Å². The molecule has 1 aromatic carbocycles. The van der Waals surface area contributed by atoms with E-state index >= 15 is 0 Å².